The fraction of sp³-hybridized carbons (Fsp3) is 0.125. The quantitative estimate of drug-likeness (QED) is 0.536. The van der Waals surface area contributed by atoms with E-state index in [-0.39, 0.29) is 19.5 Å². The van der Waals surface area contributed by atoms with Gasteiger partial charge < -0.3 is 30.3 Å². The first-order valence-corrected chi connectivity index (χ1v) is 5.63. The van der Waals surface area contributed by atoms with Gasteiger partial charge in [0.2, 0.25) is 0 Å². The summed E-state index contributed by atoms with van der Waals surface area (Å²) in [6.07, 6.45) is 5.52. The first-order valence-electron chi connectivity index (χ1n) is 5.63. The van der Waals surface area contributed by atoms with Crippen LogP contribution in [0.25, 0.3) is 5.57 Å². The molecule has 0 heterocycles. The van der Waals surface area contributed by atoms with Crippen LogP contribution in [-0.2, 0) is 19.5 Å². The van der Waals surface area contributed by atoms with Crippen molar-refractivity contribution in [3.63, 3.8) is 0 Å². The molecule has 94 valence electrons. The molecule has 0 nitrogen and oxygen atoms in total. The van der Waals surface area contributed by atoms with E-state index >= 15 is 0 Å². The van der Waals surface area contributed by atoms with E-state index in [4.69, 9.17) is 0 Å². The minimum absolute atomic E-state index is 0. The molecule has 2 aromatic rings. The van der Waals surface area contributed by atoms with Gasteiger partial charge in [0.05, 0.1) is 0 Å². The summed E-state index contributed by atoms with van der Waals surface area (Å²) in [5.74, 6) is 0. The van der Waals surface area contributed by atoms with Crippen LogP contribution in [0.1, 0.15) is 18.9 Å². The van der Waals surface area contributed by atoms with Crippen molar-refractivity contribution >= 4 is 5.57 Å². The first kappa shape index (κ1) is 13.9. The molecule has 0 amide bonds. The molecule has 0 saturated carbocycles. The zero-order valence-corrected chi connectivity index (χ0v) is 11.6. The summed E-state index contributed by atoms with van der Waals surface area (Å²) in [6.45, 7) is 2.17. The van der Waals surface area contributed by atoms with E-state index in [1.54, 1.807) is 0 Å². The van der Waals surface area contributed by atoms with Gasteiger partial charge in [-0.25, -0.2) is 0 Å². The van der Waals surface area contributed by atoms with Gasteiger partial charge in [-0.1, -0.05) is 13.0 Å². The van der Waals surface area contributed by atoms with Crippen molar-refractivity contribution < 1.29 is 19.5 Å². The maximum absolute atomic E-state index is 2.22. The minimum Gasteiger partial charge on any atom is -0.748 e. The average Bonchev–Trinajstić information content (AvgIpc) is 3.02. The third-order valence-corrected chi connectivity index (χ3v) is 2.73. The van der Waals surface area contributed by atoms with Gasteiger partial charge in [0, 0.05) is 19.5 Å². The normalized spacial score (nSPS) is 13.0. The molecule has 0 N–H and O–H groups in total. The monoisotopic (exact) mass is 310 g/mol. The standard InChI is InChI=1S/C11H11.C5H5.Ru/c1-9-5-4-8-11(9)10-6-2-3-7-10;1-2-4-5-3-1;/h2-7H,8H2,1H3;1-5H;/q-1;-5;. The summed E-state index contributed by atoms with van der Waals surface area (Å²) in [7, 11) is 0. The van der Waals surface area contributed by atoms with Gasteiger partial charge in [-0.15, -0.1) is 34.9 Å². The topological polar surface area (TPSA) is 0 Å². The molecule has 0 saturated heterocycles. The van der Waals surface area contributed by atoms with Crippen molar-refractivity contribution in [3.8, 4) is 0 Å². The molecule has 0 aliphatic heterocycles. The molecule has 2 aromatic carbocycles. The van der Waals surface area contributed by atoms with Gasteiger partial charge in [0.1, 0.15) is 0 Å². The van der Waals surface area contributed by atoms with Crippen molar-refractivity contribution in [1.82, 2.24) is 0 Å². The Labute approximate surface area is 116 Å². The van der Waals surface area contributed by atoms with E-state index in [2.05, 4.69) is 43.3 Å². The van der Waals surface area contributed by atoms with E-state index in [0.29, 0.717) is 0 Å². The molecular formula is C16H16Ru-6. The van der Waals surface area contributed by atoms with Gasteiger partial charge in [0.15, 0.2) is 0 Å². The summed E-state index contributed by atoms with van der Waals surface area (Å²) >= 11 is 0. The third kappa shape index (κ3) is 3.94. The van der Waals surface area contributed by atoms with Crippen LogP contribution in [0, 0.1) is 0 Å². The maximum atomic E-state index is 2.22. The Hall–Kier alpha value is -1.20. The van der Waals surface area contributed by atoms with Crippen molar-refractivity contribution in [3.05, 3.63) is 77.9 Å². The van der Waals surface area contributed by atoms with Crippen molar-refractivity contribution in [2.24, 2.45) is 0 Å². The summed E-state index contributed by atoms with van der Waals surface area (Å²) in [6, 6.07) is 18.5. The van der Waals surface area contributed by atoms with Crippen molar-refractivity contribution in [2.45, 2.75) is 13.3 Å². The van der Waals surface area contributed by atoms with Crippen LogP contribution in [-0.4, -0.2) is 0 Å². The predicted molar refractivity (Wildman–Crippen MR) is 70.4 cm³/mol. The molecular weight excluding hydrogens is 293 g/mol. The smallest absolute Gasteiger partial charge is 0 e. The summed E-state index contributed by atoms with van der Waals surface area (Å²) in [4.78, 5) is 0. The minimum atomic E-state index is 0. The summed E-state index contributed by atoms with van der Waals surface area (Å²) in [5.41, 5.74) is 4.28. The predicted octanol–water partition coefficient (Wildman–Crippen LogP) is 4.54. The molecule has 17 heavy (non-hydrogen) atoms. The van der Waals surface area contributed by atoms with E-state index in [0.717, 1.165) is 6.42 Å². The van der Waals surface area contributed by atoms with E-state index < -0.39 is 0 Å². The van der Waals surface area contributed by atoms with Crippen LogP contribution in [0.15, 0.2) is 72.3 Å². The molecule has 1 aliphatic carbocycles. The van der Waals surface area contributed by atoms with Crippen LogP contribution in [0.5, 0.6) is 0 Å². The van der Waals surface area contributed by atoms with Crippen LogP contribution >= 0.6 is 0 Å². The van der Waals surface area contributed by atoms with Crippen molar-refractivity contribution in [2.75, 3.05) is 0 Å². The van der Waals surface area contributed by atoms with Gasteiger partial charge in [-0.05, 0) is 6.42 Å². The Morgan fingerprint density at radius 2 is 1.53 bits per heavy atom. The average molecular weight is 309 g/mol. The van der Waals surface area contributed by atoms with Crippen LogP contribution in [0.3, 0.4) is 0 Å². The fourth-order valence-electron chi connectivity index (χ4n) is 1.86. The molecule has 0 unspecified atom stereocenters. The fourth-order valence-corrected chi connectivity index (χ4v) is 1.86. The molecule has 0 fully saturated rings. The Balaban J connectivity index is 0.000000205. The molecule has 0 spiro atoms. The largest absolute Gasteiger partial charge is 0.748 e. The Morgan fingerprint density at radius 1 is 1.00 bits per heavy atom. The van der Waals surface area contributed by atoms with Crippen molar-refractivity contribution in [1.29, 1.82) is 0 Å². The number of hydrogen-bond acceptors (Lipinski definition) is 0. The van der Waals surface area contributed by atoms with Gasteiger partial charge >= 0.3 is 0 Å². The molecule has 1 aliphatic rings. The zero-order chi connectivity index (χ0) is 11.2. The Morgan fingerprint density at radius 3 is 1.94 bits per heavy atom. The molecule has 3 rings (SSSR count). The van der Waals surface area contributed by atoms with Gasteiger partial charge in [-0.2, -0.15) is 12.1 Å². The second-order valence-corrected chi connectivity index (χ2v) is 3.90. The SMILES string of the molecule is CC1=C([c-]2cccc2)CC=C1.[Ru].[cH-]1[cH-][cH-][cH-][cH-]1. The van der Waals surface area contributed by atoms with Crippen LogP contribution < -0.4 is 0 Å². The van der Waals surface area contributed by atoms with Crippen LogP contribution in [0.2, 0.25) is 0 Å². The number of rotatable bonds is 1. The Bertz CT molecular complexity index is 438. The zero-order valence-electron chi connectivity index (χ0n) is 9.91. The summed E-state index contributed by atoms with van der Waals surface area (Å²) in [5, 5.41) is 0. The second-order valence-electron chi connectivity index (χ2n) is 3.90. The van der Waals surface area contributed by atoms with E-state index in [9.17, 15) is 0 Å². The third-order valence-electron chi connectivity index (χ3n) is 2.73. The maximum Gasteiger partial charge on any atom is 0 e. The van der Waals surface area contributed by atoms with Gasteiger partial charge in [-0.3, -0.25) is 0 Å². The Kier molecular flexibility index (Phi) is 5.87. The first-order chi connectivity index (χ1) is 7.88. The van der Waals surface area contributed by atoms with E-state index in [1.165, 1.54) is 16.7 Å². The van der Waals surface area contributed by atoms with Gasteiger partial charge in [0.25, 0.3) is 0 Å². The second kappa shape index (κ2) is 7.19. The summed E-state index contributed by atoms with van der Waals surface area (Å²) < 4.78 is 0. The van der Waals surface area contributed by atoms with E-state index in [1.807, 2.05) is 30.3 Å². The molecule has 0 atom stereocenters. The number of allylic oxidation sites excluding steroid dienone is 4. The number of hydrogen-bond donors (Lipinski definition) is 0. The molecule has 0 radical (unpaired) electrons. The molecule has 0 aromatic heterocycles. The molecule has 1 heteroatoms. The van der Waals surface area contributed by atoms with Crippen LogP contribution in [0.4, 0.5) is 0 Å². The molecule has 0 bridgehead atoms.